The fourth-order valence-electron chi connectivity index (χ4n) is 2.16. The van der Waals surface area contributed by atoms with E-state index in [9.17, 15) is 5.11 Å². The Hall–Kier alpha value is -2.99. The summed E-state index contributed by atoms with van der Waals surface area (Å²) in [5, 5.41) is 15.6. The first-order chi connectivity index (χ1) is 11.7. The molecule has 0 aliphatic heterocycles. The molecule has 2 heterocycles. The van der Waals surface area contributed by atoms with Gasteiger partial charge in [-0.05, 0) is 31.2 Å². The maximum absolute atomic E-state index is 9.24. The topological polar surface area (TPSA) is 83.0 Å². The summed E-state index contributed by atoms with van der Waals surface area (Å²) in [4.78, 5) is 13.3. The Balaban J connectivity index is 1.96. The van der Waals surface area contributed by atoms with Crippen LogP contribution >= 0.6 is 0 Å². The molecule has 0 aliphatic rings. The van der Waals surface area contributed by atoms with Crippen molar-refractivity contribution >= 4 is 17.5 Å². The van der Waals surface area contributed by atoms with Gasteiger partial charge in [0.15, 0.2) is 0 Å². The van der Waals surface area contributed by atoms with Crippen molar-refractivity contribution < 1.29 is 5.11 Å². The number of rotatable bonds is 6. The summed E-state index contributed by atoms with van der Waals surface area (Å²) in [6.45, 7) is 1.86. The van der Waals surface area contributed by atoms with Crippen molar-refractivity contribution in [2.24, 2.45) is 0 Å². The molecule has 122 valence electrons. The number of aliphatic hydroxyl groups is 1. The summed E-state index contributed by atoms with van der Waals surface area (Å²) in [6.07, 6.45) is 1.73. The molecule has 0 saturated heterocycles. The van der Waals surface area contributed by atoms with Crippen molar-refractivity contribution in [2.45, 2.75) is 13.0 Å². The summed E-state index contributed by atoms with van der Waals surface area (Å²) >= 11 is 0. The quantitative estimate of drug-likeness (QED) is 0.647. The molecule has 1 atom stereocenters. The van der Waals surface area contributed by atoms with E-state index >= 15 is 0 Å². The average Bonchev–Trinajstić information content (AvgIpc) is 2.63. The lowest BCUT2D eigenvalue weighted by Crippen LogP contribution is -2.21. The molecule has 2 aromatic heterocycles. The second kappa shape index (κ2) is 7.52. The van der Waals surface area contributed by atoms with Crippen molar-refractivity contribution in [3.63, 3.8) is 0 Å². The van der Waals surface area contributed by atoms with Gasteiger partial charge in [-0.15, -0.1) is 0 Å². The normalized spacial score (nSPS) is 11.8. The standard InChI is InChI=1S/C18H19N5O/c1-13(12-24)20-18-22-16(15-9-5-6-10-19-15)11-17(23-18)21-14-7-3-2-4-8-14/h2-11,13,24H,12H2,1H3,(H2,20,21,22,23)/t13-/m0/s1. The highest BCUT2D eigenvalue weighted by Crippen LogP contribution is 2.22. The number of hydrogen-bond donors (Lipinski definition) is 3. The molecular formula is C18H19N5O. The van der Waals surface area contributed by atoms with Crippen LogP contribution in [0.3, 0.4) is 0 Å². The first-order valence-electron chi connectivity index (χ1n) is 7.74. The van der Waals surface area contributed by atoms with E-state index < -0.39 is 0 Å². The molecular weight excluding hydrogens is 302 g/mol. The van der Waals surface area contributed by atoms with Crippen molar-refractivity contribution in [3.05, 3.63) is 60.8 Å². The first-order valence-corrected chi connectivity index (χ1v) is 7.74. The van der Waals surface area contributed by atoms with Gasteiger partial charge in [-0.1, -0.05) is 24.3 Å². The molecule has 3 N–H and O–H groups in total. The third-order valence-electron chi connectivity index (χ3n) is 3.35. The molecule has 0 radical (unpaired) electrons. The Bertz CT molecular complexity index is 780. The third kappa shape index (κ3) is 4.05. The molecule has 3 rings (SSSR count). The zero-order valence-electron chi connectivity index (χ0n) is 13.3. The molecule has 0 unspecified atom stereocenters. The number of nitrogens with one attached hydrogen (secondary N) is 2. The predicted molar refractivity (Wildman–Crippen MR) is 95.2 cm³/mol. The van der Waals surface area contributed by atoms with E-state index in [2.05, 4.69) is 25.6 Å². The summed E-state index contributed by atoms with van der Waals surface area (Å²) in [6, 6.07) is 17.2. The van der Waals surface area contributed by atoms with Crippen LogP contribution in [0.4, 0.5) is 17.5 Å². The number of anilines is 3. The van der Waals surface area contributed by atoms with Gasteiger partial charge in [0.1, 0.15) is 5.82 Å². The van der Waals surface area contributed by atoms with E-state index in [1.807, 2.05) is 61.5 Å². The van der Waals surface area contributed by atoms with Crippen molar-refractivity contribution in [1.29, 1.82) is 0 Å². The summed E-state index contributed by atoms with van der Waals surface area (Å²) in [5.41, 5.74) is 2.40. The summed E-state index contributed by atoms with van der Waals surface area (Å²) < 4.78 is 0. The number of aromatic nitrogens is 3. The second-order valence-corrected chi connectivity index (χ2v) is 5.40. The van der Waals surface area contributed by atoms with Crippen LogP contribution in [0.2, 0.25) is 0 Å². The fraction of sp³-hybridized carbons (Fsp3) is 0.167. The van der Waals surface area contributed by atoms with E-state index in [0.29, 0.717) is 17.5 Å². The van der Waals surface area contributed by atoms with E-state index in [4.69, 9.17) is 0 Å². The van der Waals surface area contributed by atoms with Crippen LogP contribution in [-0.2, 0) is 0 Å². The maximum atomic E-state index is 9.24. The molecule has 3 aromatic rings. The average molecular weight is 321 g/mol. The number of nitrogens with zero attached hydrogens (tertiary/aromatic N) is 3. The Morgan fingerprint density at radius 3 is 2.50 bits per heavy atom. The zero-order valence-corrected chi connectivity index (χ0v) is 13.3. The molecule has 0 spiro atoms. The Morgan fingerprint density at radius 2 is 1.79 bits per heavy atom. The van der Waals surface area contributed by atoms with E-state index in [1.165, 1.54) is 0 Å². The molecule has 6 heteroatoms. The van der Waals surface area contributed by atoms with Gasteiger partial charge < -0.3 is 15.7 Å². The van der Waals surface area contributed by atoms with Crippen molar-refractivity contribution in [3.8, 4) is 11.4 Å². The molecule has 0 fully saturated rings. The van der Waals surface area contributed by atoms with Crippen molar-refractivity contribution in [2.75, 3.05) is 17.2 Å². The van der Waals surface area contributed by atoms with E-state index in [1.54, 1.807) is 6.20 Å². The zero-order chi connectivity index (χ0) is 16.8. The van der Waals surface area contributed by atoms with Crippen LogP contribution in [0.1, 0.15) is 6.92 Å². The molecule has 24 heavy (non-hydrogen) atoms. The summed E-state index contributed by atoms with van der Waals surface area (Å²) in [7, 11) is 0. The maximum Gasteiger partial charge on any atom is 0.225 e. The molecule has 0 amide bonds. The first kappa shape index (κ1) is 15.9. The van der Waals surface area contributed by atoms with E-state index in [0.717, 1.165) is 11.4 Å². The van der Waals surface area contributed by atoms with Crippen LogP contribution in [0.15, 0.2) is 60.8 Å². The fourth-order valence-corrected chi connectivity index (χ4v) is 2.16. The van der Waals surface area contributed by atoms with Gasteiger partial charge in [0.05, 0.1) is 18.0 Å². The van der Waals surface area contributed by atoms with Crippen LogP contribution in [0, 0.1) is 0 Å². The van der Waals surface area contributed by atoms with Crippen LogP contribution in [-0.4, -0.2) is 32.7 Å². The van der Waals surface area contributed by atoms with Gasteiger partial charge in [-0.3, -0.25) is 4.98 Å². The Kier molecular flexibility index (Phi) is 4.98. The Morgan fingerprint density at radius 1 is 1.00 bits per heavy atom. The highest BCUT2D eigenvalue weighted by atomic mass is 16.3. The lowest BCUT2D eigenvalue weighted by Gasteiger charge is -2.14. The smallest absolute Gasteiger partial charge is 0.225 e. The van der Waals surface area contributed by atoms with Crippen LogP contribution in [0.5, 0.6) is 0 Å². The largest absolute Gasteiger partial charge is 0.394 e. The highest BCUT2D eigenvalue weighted by molar-refractivity contribution is 5.65. The van der Waals surface area contributed by atoms with Crippen LogP contribution < -0.4 is 10.6 Å². The van der Waals surface area contributed by atoms with Crippen LogP contribution in [0.25, 0.3) is 11.4 Å². The highest BCUT2D eigenvalue weighted by Gasteiger charge is 2.10. The molecule has 0 aliphatic carbocycles. The third-order valence-corrected chi connectivity index (χ3v) is 3.35. The summed E-state index contributed by atoms with van der Waals surface area (Å²) in [5.74, 6) is 1.10. The van der Waals surface area contributed by atoms with Gasteiger partial charge >= 0.3 is 0 Å². The molecule has 1 aromatic carbocycles. The predicted octanol–water partition coefficient (Wildman–Crippen LogP) is 3.07. The SMILES string of the molecule is C[C@@H](CO)Nc1nc(Nc2ccccc2)cc(-c2ccccn2)n1. The molecule has 0 saturated carbocycles. The van der Waals surface area contributed by atoms with Gasteiger partial charge in [-0.25, -0.2) is 4.98 Å². The number of hydrogen-bond acceptors (Lipinski definition) is 6. The minimum absolute atomic E-state index is 0.00137. The van der Waals surface area contributed by atoms with Crippen molar-refractivity contribution in [1.82, 2.24) is 15.0 Å². The number of benzene rings is 1. The van der Waals surface area contributed by atoms with Gasteiger partial charge in [0.2, 0.25) is 5.95 Å². The minimum atomic E-state index is -0.145. The molecule has 0 bridgehead atoms. The number of aliphatic hydroxyl groups excluding tert-OH is 1. The van der Waals surface area contributed by atoms with Gasteiger partial charge in [-0.2, -0.15) is 4.98 Å². The number of pyridine rings is 1. The lowest BCUT2D eigenvalue weighted by molar-refractivity contribution is 0.281. The Labute approximate surface area is 140 Å². The lowest BCUT2D eigenvalue weighted by atomic mass is 10.2. The van der Waals surface area contributed by atoms with E-state index in [-0.39, 0.29) is 12.6 Å². The van der Waals surface area contributed by atoms with Gasteiger partial charge in [0, 0.05) is 24.0 Å². The van der Waals surface area contributed by atoms with Gasteiger partial charge in [0.25, 0.3) is 0 Å². The number of para-hydroxylation sites is 1. The second-order valence-electron chi connectivity index (χ2n) is 5.40. The monoisotopic (exact) mass is 321 g/mol. The molecule has 6 nitrogen and oxygen atoms in total. The minimum Gasteiger partial charge on any atom is -0.394 e.